The molecule has 1 saturated heterocycles. The third kappa shape index (κ3) is 1.42. The molecule has 0 aromatic carbocycles. The number of aromatic nitrogens is 3. The lowest BCUT2D eigenvalue weighted by atomic mass is 10.3. The van der Waals surface area contributed by atoms with Gasteiger partial charge in [-0.25, -0.2) is 9.97 Å². The van der Waals surface area contributed by atoms with Crippen molar-refractivity contribution in [3.63, 3.8) is 0 Å². The number of hydrogen-bond donors (Lipinski definition) is 1. The fourth-order valence-electron chi connectivity index (χ4n) is 2.05. The van der Waals surface area contributed by atoms with Crippen LogP contribution in [0, 0.1) is 6.92 Å². The fourth-order valence-corrected chi connectivity index (χ4v) is 2.05. The maximum Gasteiger partial charge on any atom is 0.252 e. The van der Waals surface area contributed by atoms with Crippen molar-refractivity contribution >= 4 is 17.0 Å². The summed E-state index contributed by atoms with van der Waals surface area (Å²) in [6, 6.07) is 0.220. The second-order valence-electron chi connectivity index (χ2n) is 4.10. The molecule has 0 radical (unpaired) electrons. The van der Waals surface area contributed by atoms with Gasteiger partial charge in [-0.1, -0.05) is 0 Å². The van der Waals surface area contributed by atoms with Crippen LogP contribution in [0.15, 0.2) is 10.8 Å². The van der Waals surface area contributed by atoms with E-state index in [1.54, 1.807) is 0 Å². The lowest BCUT2D eigenvalue weighted by molar-refractivity contribution is 0.588. The van der Waals surface area contributed by atoms with Gasteiger partial charge in [-0.2, -0.15) is 4.98 Å². The molecule has 2 N–H and O–H groups in total. The monoisotopic (exact) mass is 219 g/mol. The summed E-state index contributed by atoms with van der Waals surface area (Å²) in [5.74, 6) is 1.53. The molecule has 6 nitrogen and oxygen atoms in total. The van der Waals surface area contributed by atoms with Gasteiger partial charge >= 0.3 is 0 Å². The molecule has 16 heavy (non-hydrogen) atoms. The molecule has 1 unspecified atom stereocenters. The lowest BCUT2D eigenvalue weighted by Gasteiger charge is -2.16. The number of fused-ring (bicyclic) bond motifs is 1. The average molecular weight is 219 g/mol. The Kier molecular flexibility index (Phi) is 2.03. The number of nitrogens with two attached hydrogens (primary N) is 1. The summed E-state index contributed by atoms with van der Waals surface area (Å²) < 4.78 is 5.21. The molecule has 3 rings (SSSR count). The number of rotatable bonds is 1. The van der Waals surface area contributed by atoms with Crippen LogP contribution in [-0.2, 0) is 0 Å². The third-order valence-electron chi connectivity index (χ3n) is 2.82. The van der Waals surface area contributed by atoms with E-state index >= 15 is 0 Å². The molecular weight excluding hydrogens is 206 g/mol. The van der Waals surface area contributed by atoms with Gasteiger partial charge in [0, 0.05) is 19.1 Å². The van der Waals surface area contributed by atoms with Crippen molar-refractivity contribution in [1.82, 2.24) is 15.0 Å². The van der Waals surface area contributed by atoms with Crippen molar-refractivity contribution in [2.45, 2.75) is 19.4 Å². The Bertz CT molecular complexity index is 523. The molecule has 84 valence electrons. The molecular formula is C10H13N5O. The van der Waals surface area contributed by atoms with Gasteiger partial charge in [-0.15, -0.1) is 0 Å². The van der Waals surface area contributed by atoms with Gasteiger partial charge in [0.25, 0.3) is 5.71 Å². The second-order valence-corrected chi connectivity index (χ2v) is 4.10. The molecule has 1 atom stereocenters. The van der Waals surface area contributed by atoms with Crippen molar-refractivity contribution in [3.8, 4) is 0 Å². The predicted octanol–water partition coefficient (Wildman–Crippen LogP) is 0.464. The molecule has 0 bridgehead atoms. The first kappa shape index (κ1) is 9.53. The molecule has 1 aliphatic heterocycles. The van der Waals surface area contributed by atoms with Crippen LogP contribution in [0.2, 0.25) is 0 Å². The van der Waals surface area contributed by atoms with Crippen molar-refractivity contribution < 1.29 is 4.42 Å². The van der Waals surface area contributed by atoms with Crippen LogP contribution in [0.25, 0.3) is 11.2 Å². The van der Waals surface area contributed by atoms with Crippen molar-refractivity contribution in [1.29, 1.82) is 0 Å². The quantitative estimate of drug-likeness (QED) is 0.750. The van der Waals surface area contributed by atoms with Gasteiger partial charge in [-0.3, -0.25) is 0 Å². The first-order valence-corrected chi connectivity index (χ1v) is 5.32. The van der Waals surface area contributed by atoms with Crippen LogP contribution in [0.1, 0.15) is 12.2 Å². The topological polar surface area (TPSA) is 81.1 Å². The van der Waals surface area contributed by atoms with Crippen molar-refractivity contribution in [2.75, 3.05) is 18.0 Å². The first-order valence-electron chi connectivity index (χ1n) is 5.32. The Balaban J connectivity index is 2.11. The van der Waals surface area contributed by atoms with Crippen LogP contribution in [0.4, 0.5) is 5.82 Å². The van der Waals surface area contributed by atoms with E-state index in [9.17, 15) is 0 Å². The molecule has 1 fully saturated rings. The Morgan fingerprint density at radius 3 is 3.12 bits per heavy atom. The zero-order chi connectivity index (χ0) is 11.1. The summed E-state index contributed by atoms with van der Waals surface area (Å²) in [6.07, 6.45) is 2.39. The number of aryl methyl sites for hydroxylation is 1. The highest BCUT2D eigenvalue weighted by Crippen LogP contribution is 2.25. The first-order chi connectivity index (χ1) is 7.74. The summed E-state index contributed by atoms with van der Waals surface area (Å²) in [4.78, 5) is 14.9. The molecule has 6 heteroatoms. The third-order valence-corrected chi connectivity index (χ3v) is 2.82. The molecule has 1 aliphatic rings. The number of anilines is 1. The Morgan fingerprint density at radius 1 is 1.50 bits per heavy atom. The number of oxazole rings is 1. The molecule has 2 aromatic heterocycles. The maximum absolute atomic E-state index is 5.89. The second kappa shape index (κ2) is 3.41. The fraction of sp³-hybridized carbons (Fsp3) is 0.500. The number of hydrogen-bond acceptors (Lipinski definition) is 6. The molecule has 3 heterocycles. The van der Waals surface area contributed by atoms with Crippen LogP contribution in [-0.4, -0.2) is 34.1 Å². The lowest BCUT2D eigenvalue weighted by Crippen LogP contribution is -2.27. The summed E-state index contributed by atoms with van der Waals surface area (Å²) in [6.45, 7) is 3.58. The van der Waals surface area contributed by atoms with E-state index in [1.807, 2.05) is 6.92 Å². The van der Waals surface area contributed by atoms with Gasteiger partial charge in [0.2, 0.25) is 0 Å². The van der Waals surface area contributed by atoms with Gasteiger partial charge in [0.15, 0.2) is 17.7 Å². The minimum absolute atomic E-state index is 0.220. The highest BCUT2D eigenvalue weighted by molar-refractivity contribution is 5.81. The van der Waals surface area contributed by atoms with Crippen molar-refractivity contribution in [3.05, 3.63) is 12.2 Å². The van der Waals surface area contributed by atoms with E-state index in [-0.39, 0.29) is 6.04 Å². The predicted molar refractivity (Wildman–Crippen MR) is 59.1 cm³/mol. The van der Waals surface area contributed by atoms with Crippen LogP contribution < -0.4 is 10.6 Å². The summed E-state index contributed by atoms with van der Waals surface area (Å²) in [5, 5.41) is 0. The summed E-state index contributed by atoms with van der Waals surface area (Å²) in [5.41, 5.74) is 7.16. The van der Waals surface area contributed by atoms with E-state index in [1.165, 1.54) is 6.39 Å². The SMILES string of the molecule is Cc1nc(N2CCC(N)C2)c2ncoc2n1. The van der Waals surface area contributed by atoms with E-state index in [0.717, 1.165) is 30.8 Å². The van der Waals surface area contributed by atoms with Crippen LogP contribution in [0.5, 0.6) is 0 Å². The van der Waals surface area contributed by atoms with Gasteiger partial charge in [0.1, 0.15) is 5.82 Å². The largest absolute Gasteiger partial charge is 0.425 e. The zero-order valence-corrected chi connectivity index (χ0v) is 9.05. The Labute approximate surface area is 92.5 Å². The molecule has 0 amide bonds. The minimum Gasteiger partial charge on any atom is -0.425 e. The number of nitrogens with zero attached hydrogens (tertiary/aromatic N) is 4. The normalized spacial score (nSPS) is 20.9. The van der Waals surface area contributed by atoms with Crippen LogP contribution in [0.3, 0.4) is 0 Å². The molecule has 0 spiro atoms. The van der Waals surface area contributed by atoms with Crippen LogP contribution >= 0.6 is 0 Å². The van der Waals surface area contributed by atoms with Gasteiger partial charge in [0.05, 0.1) is 0 Å². The van der Waals surface area contributed by atoms with Gasteiger partial charge < -0.3 is 15.1 Å². The highest BCUT2D eigenvalue weighted by atomic mass is 16.3. The summed E-state index contributed by atoms with van der Waals surface area (Å²) >= 11 is 0. The van der Waals surface area contributed by atoms with Gasteiger partial charge in [-0.05, 0) is 13.3 Å². The summed E-state index contributed by atoms with van der Waals surface area (Å²) in [7, 11) is 0. The maximum atomic E-state index is 5.89. The van der Waals surface area contributed by atoms with E-state index in [2.05, 4.69) is 19.9 Å². The average Bonchev–Trinajstić information content (AvgIpc) is 2.84. The molecule has 0 aliphatic carbocycles. The Hall–Kier alpha value is -1.69. The molecule has 2 aromatic rings. The minimum atomic E-state index is 0.220. The molecule has 0 saturated carbocycles. The van der Waals surface area contributed by atoms with E-state index in [4.69, 9.17) is 10.2 Å². The standard InChI is InChI=1S/C10H13N5O/c1-6-13-9(15-3-2-7(11)4-15)8-10(14-6)16-5-12-8/h5,7H,2-4,11H2,1H3. The van der Waals surface area contributed by atoms with E-state index < -0.39 is 0 Å². The zero-order valence-electron chi connectivity index (χ0n) is 9.05. The Morgan fingerprint density at radius 2 is 2.38 bits per heavy atom. The van der Waals surface area contributed by atoms with E-state index in [0.29, 0.717) is 11.5 Å². The smallest absolute Gasteiger partial charge is 0.252 e. The highest BCUT2D eigenvalue weighted by Gasteiger charge is 2.23. The van der Waals surface area contributed by atoms with Crippen molar-refractivity contribution in [2.24, 2.45) is 5.73 Å².